The van der Waals surface area contributed by atoms with Gasteiger partial charge in [-0.2, -0.15) is 0 Å². The van der Waals surface area contributed by atoms with E-state index in [0.717, 1.165) is 5.56 Å². The third-order valence-electron chi connectivity index (χ3n) is 5.24. The minimum atomic E-state index is -3.48. The first-order valence-corrected chi connectivity index (χ1v) is 11.0. The van der Waals surface area contributed by atoms with Gasteiger partial charge in [-0.3, -0.25) is 4.79 Å². The number of likely N-dealkylation sites (tertiary alicyclic amines) is 1. The normalized spacial score (nSPS) is 23.3. The first-order chi connectivity index (χ1) is 13.4. The van der Waals surface area contributed by atoms with Crippen LogP contribution in [-0.2, 0) is 24.3 Å². The minimum Gasteiger partial charge on any atom is -0.484 e. The smallest absolute Gasteiger partial charge is 0.260 e. The third kappa shape index (κ3) is 4.83. The van der Waals surface area contributed by atoms with E-state index in [1.54, 1.807) is 12.0 Å². The summed E-state index contributed by atoms with van der Waals surface area (Å²) in [6.45, 7) is 3.05. The average Bonchev–Trinajstić information content (AvgIpc) is 2.60. The van der Waals surface area contributed by atoms with Crippen molar-refractivity contribution >= 4 is 15.9 Å². The molecule has 2 saturated heterocycles. The van der Waals surface area contributed by atoms with Crippen molar-refractivity contribution in [1.82, 2.24) is 9.62 Å². The number of aryl methyl sites for hydroxylation is 1. The standard InChI is InChI=1S/C19H28N2O6S/c1-14-6-3-4-8-18(14)27-13-19(22)21-9-5-7-16(17(21)12-25-2)20-28(23,24)15-10-26-11-15/h3-4,6,8,15-17,20H,5,7,9-13H2,1-2H3/t16?,17-/m0/s1. The molecule has 1 amide bonds. The molecule has 9 heteroatoms. The van der Waals surface area contributed by atoms with Gasteiger partial charge in [0.1, 0.15) is 11.0 Å². The van der Waals surface area contributed by atoms with E-state index in [1.807, 2.05) is 31.2 Å². The molecular weight excluding hydrogens is 384 g/mol. The van der Waals surface area contributed by atoms with Gasteiger partial charge in [-0.15, -0.1) is 0 Å². The molecule has 0 radical (unpaired) electrons. The Morgan fingerprint density at radius 2 is 2.07 bits per heavy atom. The number of sulfonamides is 1. The lowest BCUT2D eigenvalue weighted by Gasteiger charge is -2.42. The summed E-state index contributed by atoms with van der Waals surface area (Å²) in [5, 5.41) is -0.522. The van der Waals surface area contributed by atoms with E-state index in [1.165, 1.54) is 0 Å². The van der Waals surface area contributed by atoms with Crippen molar-refractivity contribution in [2.75, 3.05) is 40.1 Å². The van der Waals surface area contributed by atoms with Crippen LogP contribution < -0.4 is 9.46 Å². The van der Waals surface area contributed by atoms with Gasteiger partial charge < -0.3 is 19.1 Å². The molecule has 0 aliphatic carbocycles. The van der Waals surface area contributed by atoms with Crippen LogP contribution in [0.3, 0.4) is 0 Å². The second-order valence-electron chi connectivity index (χ2n) is 7.24. The number of nitrogens with one attached hydrogen (secondary N) is 1. The highest BCUT2D eigenvalue weighted by Crippen LogP contribution is 2.22. The van der Waals surface area contributed by atoms with E-state index >= 15 is 0 Å². The summed E-state index contributed by atoms with van der Waals surface area (Å²) in [4.78, 5) is 14.5. The predicted molar refractivity (Wildman–Crippen MR) is 104 cm³/mol. The van der Waals surface area contributed by atoms with E-state index in [0.29, 0.717) is 25.1 Å². The van der Waals surface area contributed by atoms with Crippen molar-refractivity contribution in [1.29, 1.82) is 0 Å². The number of benzene rings is 1. The second-order valence-corrected chi connectivity index (χ2v) is 9.23. The molecule has 2 heterocycles. The van der Waals surface area contributed by atoms with Gasteiger partial charge in [0.05, 0.1) is 25.9 Å². The van der Waals surface area contributed by atoms with Crippen LogP contribution >= 0.6 is 0 Å². The summed E-state index contributed by atoms with van der Waals surface area (Å²) in [6.07, 6.45) is 1.37. The van der Waals surface area contributed by atoms with Crippen molar-refractivity contribution in [2.45, 2.75) is 37.1 Å². The van der Waals surface area contributed by atoms with Crippen LogP contribution in [0.1, 0.15) is 18.4 Å². The zero-order chi connectivity index (χ0) is 20.1. The lowest BCUT2D eigenvalue weighted by atomic mass is 9.97. The molecule has 2 fully saturated rings. The number of piperidine rings is 1. The van der Waals surface area contributed by atoms with E-state index in [2.05, 4.69) is 4.72 Å². The van der Waals surface area contributed by atoms with Crippen LogP contribution in [0.25, 0.3) is 0 Å². The van der Waals surface area contributed by atoms with Gasteiger partial charge in [-0.25, -0.2) is 13.1 Å². The zero-order valence-corrected chi connectivity index (χ0v) is 17.1. The molecule has 2 aliphatic heterocycles. The Morgan fingerprint density at radius 3 is 2.71 bits per heavy atom. The van der Waals surface area contributed by atoms with E-state index in [-0.39, 0.29) is 44.4 Å². The van der Waals surface area contributed by atoms with Crippen LogP contribution in [-0.4, -0.2) is 76.6 Å². The summed E-state index contributed by atoms with van der Waals surface area (Å²) in [7, 11) is -1.94. The molecule has 1 N–H and O–H groups in total. The Morgan fingerprint density at radius 1 is 1.32 bits per heavy atom. The molecule has 0 saturated carbocycles. The van der Waals surface area contributed by atoms with Gasteiger partial charge in [-0.1, -0.05) is 18.2 Å². The number of ether oxygens (including phenoxy) is 3. The van der Waals surface area contributed by atoms with Crippen LogP contribution in [0, 0.1) is 6.92 Å². The van der Waals surface area contributed by atoms with Crippen LogP contribution in [0.5, 0.6) is 5.75 Å². The van der Waals surface area contributed by atoms with Gasteiger partial charge in [-0.05, 0) is 31.4 Å². The van der Waals surface area contributed by atoms with Crippen molar-refractivity contribution in [3.63, 3.8) is 0 Å². The Labute approximate surface area is 166 Å². The minimum absolute atomic E-state index is 0.0962. The number of carbonyl (C=O) groups excluding carboxylic acids is 1. The fourth-order valence-electron chi connectivity index (χ4n) is 3.52. The summed E-state index contributed by atoms with van der Waals surface area (Å²) < 4.78 is 43.8. The maximum atomic E-state index is 12.8. The third-order valence-corrected chi connectivity index (χ3v) is 7.02. The highest BCUT2D eigenvalue weighted by Gasteiger charge is 2.40. The topological polar surface area (TPSA) is 94.2 Å². The lowest BCUT2D eigenvalue weighted by molar-refractivity contribution is -0.139. The van der Waals surface area contributed by atoms with Crippen molar-refractivity contribution < 1.29 is 27.4 Å². The maximum Gasteiger partial charge on any atom is 0.260 e. The molecule has 0 spiro atoms. The number of nitrogens with zero attached hydrogens (tertiary/aromatic N) is 1. The average molecular weight is 413 g/mol. The second kappa shape index (κ2) is 9.21. The van der Waals surface area contributed by atoms with Gasteiger partial charge in [0, 0.05) is 19.7 Å². The quantitative estimate of drug-likeness (QED) is 0.676. The highest BCUT2D eigenvalue weighted by molar-refractivity contribution is 7.90. The van der Waals surface area contributed by atoms with Gasteiger partial charge in [0.15, 0.2) is 6.61 Å². The molecule has 156 valence electrons. The summed E-state index contributed by atoms with van der Waals surface area (Å²) in [5.74, 6) is 0.486. The van der Waals surface area contributed by atoms with E-state index in [4.69, 9.17) is 14.2 Å². The highest BCUT2D eigenvalue weighted by atomic mass is 32.2. The zero-order valence-electron chi connectivity index (χ0n) is 16.3. The number of para-hydroxylation sites is 1. The first-order valence-electron chi connectivity index (χ1n) is 9.48. The molecule has 1 unspecified atom stereocenters. The van der Waals surface area contributed by atoms with Crippen LogP contribution in [0.15, 0.2) is 24.3 Å². The number of methoxy groups -OCH3 is 1. The fourth-order valence-corrected chi connectivity index (χ4v) is 4.96. The molecule has 3 rings (SSSR count). The number of rotatable bonds is 8. The fraction of sp³-hybridized carbons (Fsp3) is 0.632. The largest absolute Gasteiger partial charge is 0.484 e. The first kappa shape index (κ1) is 21.0. The van der Waals surface area contributed by atoms with E-state index < -0.39 is 15.3 Å². The maximum absolute atomic E-state index is 12.8. The molecule has 1 aromatic rings. The van der Waals surface area contributed by atoms with Gasteiger partial charge >= 0.3 is 0 Å². The van der Waals surface area contributed by atoms with Gasteiger partial charge in [0.25, 0.3) is 5.91 Å². The van der Waals surface area contributed by atoms with Crippen LogP contribution in [0.2, 0.25) is 0 Å². The number of hydrogen-bond acceptors (Lipinski definition) is 6. The predicted octanol–water partition coefficient (Wildman–Crippen LogP) is 0.698. The summed E-state index contributed by atoms with van der Waals surface area (Å²) in [5.41, 5.74) is 0.954. The molecule has 8 nitrogen and oxygen atoms in total. The summed E-state index contributed by atoms with van der Waals surface area (Å²) in [6, 6.07) is 6.75. The van der Waals surface area contributed by atoms with Crippen LogP contribution in [0.4, 0.5) is 0 Å². The molecule has 0 bridgehead atoms. The SMILES string of the molecule is COC[C@H]1C(NS(=O)(=O)C2COC2)CCCN1C(=O)COc1ccccc1C. The molecule has 1 aromatic carbocycles. The molecule has 0 aromatic heterocycles. The number of amides is 1. The Kier molecular flexibility index (Phi) is 6.92. The Hall–Kier alpha value is -1.68. The monoisotopic (exact) mass is 412 g/mol. The molecule has 28 heavy (non-hydrogen) atoms. The number of carbonyl (C=O) groups is 1. The van der Waals surface area contributed by atoms with E-state index in [9.17, 15) is 13.2 Å². The van der Waals surface area contributed by atoms with Crippen molar-refractivity contribution in [2.24, 2.45) is 0 Å². The molecule has 2 atom stereocenters. The lowest BCUT2D eigenvalue weighted by Crippen LogP contribution is -2.61. The summed E-state index contributed by atoms with van der Waals surface area (Å²) >= 11 is 0. The van der Waals surface area contributed by atoms with Crippen molar-refractivity contribution in [3.8, 4) is 5.75 Å². The molecule has 2 aliphatic rings. The van der Waals surface area contributed by atoms with Gasteiger partial charge in [0.2, 0.25) is 10.0 Å². The van der Waals surface area contributed by atoms with Crippen molar-refractivity contribution in [3.05, 3.63) is 29.8 Å². The molecular formula is C19H28N2O6S. The Bertz CT molecular complexity index is 780. The number of hydrogen-bond donors (Lipinski definition) is 1. The Balaban J connectivity index is 1.66.